The summed E-state index contributed by atoms with van der Waals surface area (Å²) in [5.74, 6) is 25.5. The van der Waals surface area contributed by atoms with Crippen LogP contribution in [0.15, 0.2) is 0 Å². The van der Waals surface area contributed by atoms with Gasteiger partial charge in [0.05, 0.1) is 0 Å². The first kappa shape index (κ1) is 10.8. The van der Waals surface area contributed by atoms with Crippen LogP contribution in [0.1, 0.15) is 0 Å². The molecule has 0 N–H and O–H groups in total. The topological polar surface area (TPSA) is 23.8 Å². The average molecular weight is 171 g/mol. The SMILES string of the molecule is C#CC#CC#CC#CC#CC#CC#N. The Balaban J connectivity index is 4.20. The van der Waals surface area contributed by atoms with Crippen molar-refractivity contribution in [1.29, 1.82) is 5.26 Å². The maximum absolute atomic E-state index is 8.01. The molecule has 1 nitrogen and oxygen atoms in total. The number of hydrogen-bond acceptors (Lipinski definition) is 1. The molecule has 0 aliphatic carbocycles. The quantitative estimate of drug-likeness (QED) is 0.476. The van der Waals surface area contributed by atoms with Gasteiger partial charge in [-0.1, -0.05) is 0 Å². The lowest BCUT2D eigenvalue weighted by Crippen LogP contribution is -1.54. The number of nitrogens with zero attached hydrogens (tertiary/aromatic N) is 1. The number of hydrogen-bond donors (Lipinski definition) is 0. The molecule has 0 bridgehead atoms. The van der Waals surface area contributed by atoms with E-state index in [2.05, 4.69) is 65.1 Å². The van der Waals surface area contributed by atoms with Crippen molar-refractivity contribution in [2.75, 3.05) is 0 Å². The molecule has 0 rings (SSSR count). The van der Waals surface area contributed by atoms with Gasteiger partial charge in [0.2, 0.25) is 0 Å². The lowest BCUT2D eigenvalue weighted by molar-refractivity contribution is 1.55. The summed E-state index contributed by atoms with van der Waals surface area (Å²) in [7, 11) is 0. The molecule has 0 aromatic rings. The van der Waals surface area contributed by atoms with Crippen LogP contribution in [0.25, 0.3) is 0 Å². The molecule has 0 fully saturated rings. The van der Waals surface area contributed by atoms with Crippen molar-refractivity contribution in [1.82, 2.24) is 0 Å². The Morgan fingerprint density at radius 2 is 0.929 bits per heavy atom. The van der Waals surface area contributed by atoms with E-state index in [9.17, 15) is 0 Å². The number of nitriles is 1. The lowest BCUT2D eigenvalue weighted by Gasteiger charge is -1.54. The van der Waals surface area contributed by atoms with Gasteiger partial charge in [-0.15, -0.1) is 6.42 Å². The molecule has 0 spiro atoms. The molecule has 0 radical (unpaired) electrons. The molecule has 14 heavy (non-hydrogen) atoms. The summed E-state index contributed by atoms with van der Waals surface area (Å²) in [6.45, 7) is 0. The highest BCUT2D eigenvalue weighted by atomic mass is 14.2. The summed E-state index contributed by atoms with van der Waals surface area (Å²) in [5, 5.41) is 8.01. The average Bonchev–Trinajstić information content (AvgIpc) is 2.21. The van der Waals surface area contributed by atoms with Gasteiger partial charge in [-0.3, -0.25) is 0 Å². The maximum atomic E-state index is 8.01. The Kier molecular flexibility index (Phi) is 7.63. The Bertz CT molecular complexity index is 526. The Labute approximate surface area is 83.5 Å². The third-order valence-electron chi connectivity index (χ3n) is 0.691. The van der Waals surface area contributed by atoms with E-state index in [4.69, 9.17) is 11.7 Å². The van der Waals surface area contributed by atoms with Gasteiger partial charge in [-0.05, 0) is 29.6 Å². The van der Waals surface area contributed by atoms with Crippen molar-refractivity contribution >= 4 is 0 Å². The molecule has 58 valence electrons. The van der Waals surface area contributed by atoms with E-state index in [-0.39, 0.29) is 0 Å². The first-order valence-corrected chi connectivity index (χ1v) is 3.26. The van der Waals surface area contributed by atoms with Crippen LogP contribution in [-0.2, 0) is 0 Å². The van der Waals surface area contributed by atoms with E-state index < -0.39 is 0 Å². The van der Waals surface area contributed by atoms with Crippen LogP contribution in [0.2, 0.25) is 0 Å². The third-order valence-corrected chi connectivity index (χ3v) is 0.691. The van der Waals surface area contributed by atoms with Gasteiger partial charge in [-0.2, -0.15) is 5.26 Å². The Morgan fingerprint density at radius 1 is 0.571 bits per heavy atom. The van der Waals surface area contributed by atoms with Crippen molar-refractivity contribution in [2.45, 2.75) is 0 Å². The van der Waals surface area contributed by atoms with Gasteiger partial charge in [0.25, 0.3) is 0 Å². The zero-order valence-corrected chi connectivity index (χ0v) is 7.02. The molecular formula is C13HN. The summed E-state index contributed by atoms with van der Waals surface area (Å²) in [4.78, 5) is 0. The van der Waals surface area contributed by atoms with Gasteiger partial charge < -0.3 is 0 Å². The summed E-state index contributed by atoms with van der Waals surface area (Å²) in [6, 6.07) is 1.62. The van der Waals surface area contributed by atoms with Crippen LogP contribution in [0.3, 0.4) is 0 Å². The molecule has 0 aromatic carbocycles. The van der Waals surface area contributed by atoms with Crippen LogP contribution in [0.5, 0.6) is 0 Å². The van der Waals surface area contributed by atoms with Crippen LogP contribution in [0, 0.1) is 82.9 Å². The van der Waals surface area contributed by atoms with Crippen LogP contribution in [0.4, 0.5) is 0 Å². The fourth-order valence-corrected chi connectivity index (χ4v) is 0.314. The summed E-state index contributed by atoms with van der Waals surface area (Å²) in [6.07, 6.45) is 4.85. The predicted octanol–water partition coefficient (Wildman–Crippen LogP) is 0.160. The normalized spacial score (nSPS) is 3.57. The number of terminal acetylenes is 1. The van der Waals surface area contributed by atoms with Crippen LogP contribution in [-0.4, -0.2) is 0 Å². The molecule has 0 amide bonds. The van der Waals surface area contributed by atoms with Crippen LogP contribution >= 0.6 is 0 Å². The zero-order chi connectivity index (χ0) is 10.5. The molecule has 0 aliphatic heterocycles. The second-order valence-corrected chi connectivity index (χ2v) is 1.51. The number of rotatable bonds is 0. The first-order chi connectivity index (χ1) is 6.91. The van der Waals surface area contributed by atoms with Gasteiger partial charge >= 0.3 is 0 Å². The van der Waals surface area contributed by atoms with Crippen molar-refractivity contribution in [3.8, 4) is 77.6 Å². The maximum Gasteiger partial charge on any atom is 0.153 e. The van der Waals surface area contributed by atoms with Crippen molar-refractivity contribution in [3.05, 3.63) is 0 Å². The predicted molar refractivity (Wildman–Crippen MR) is 53.3 cm³/mol. The van der Waals surface area contributed by atoms with Crippen molar-refractivity contribution < 1.29 is 0 Å². The Hall–Kier alpha value is -3.15. The van der Waals surface area contributed by atoms with Crippen molar-refractivity contribution in [3.63, 3.8) is 0 Å². The summed E-state index contributed by atoms with van der Waals surface area (Å²) >= 11 is 0. The third kappa shape index (κ3) is 8.85. The fraction of sp³-hybridized carbons (Fsp3) is 0. The van der Waals surface area contributed by atoms with E-state index in [1.54, 1.807) is 6.07 Å². The second kappa shape index (κ2) is 9.85. The van der Waals surface area contributed by atoms with E-state index in [0.29, 0.717) is 0 Å². The smallest absolute Gasteiger partial charge is 0.153 e. The largest absolute Gasteiger partial charge is 0.183 e. The fourth-order valence-electron chi connectivity index (χ4n) is 0.314. The standard InChI is InChI=1S/C13HN/c1-2-3-4-5-6-7-8-9-10-11-12-13-14/h1H. The molecule has 0 saturated heterocycles. The zero-order valence-electron chi connectivity index (χ0n) is 7.02. The molecule has 0 aromatic heterocycles. The van der Waals surface area contributed by atoms with Gasteiger partial charge in [0.15, 0.2) is 6.07 Å². The lowest BCUT2D eigenvalue weighted by atomic mass is 10.5. The molecule has 0 saturated carbocycles. The van der Waals surface area contributed by atoms with E-state index in [0.717, 1.165) is 0 Å². The highest BCUT2D eigenvalue weighted by Gasteiger charge is 1.56. The van der Waals surface area contributed by atoms with Crippen molar-refractivity contribution in [2.24, 2.45) is 0 Å². The molecule has 0 unspecified atom stereocenters. The van der Waals surface area contributed by atoms with Gasteiger partial charge in [0, 0.05) is 35.5 Å². The van der Waals surface area contributed by atoms with Gasteiger partial charge in [0.1, 0.15) is 0 Å². The summed E-state index contributed by atoms with van der Waals surface area (Å²) < 4.78 is 0. The minimum atomic E-state index is 1.62. The second-order valence-electron chi connectivity index (χ2n) is 1.51. The van der Waals surface area contributed by atoms with Crippen LogP contribution < -0.4 is 0 Å². The molecule has 0 aliphatic rings. The van der Waals surface area contributed by atoms with E-state index in [1.807, 2.05) is 0 Å². The molecular weight excluding hydrogens is 170 g/mol. The van der Waals surface area contributed by atoms with E-state index >= 15 is 0 Å². The molecule has 0 heterocycles. The first-order valence-electron chi connectivity index (χ1n) is 3.26. The Morgan fingerprint density at radius 3 is 1.29 bits per heavy atom. The summed E-state index contributed by atoms with van der Waals surface area (Å²) in [5.41, 5.74) is 0. The monoisotopic (exact) mass is 171 g/mol. The molecule has 1 heteroatoms. The van der Waals surface area contributed by atoms with E-state index in [1.165, 1.54) is 0 Å². The molecule has 0 atom stereocenters. The highest BCUT2D eigenvalue weighted by molar-refractivity contribution is 5.44. The minimum absolute atomic E-state index is 1.62. The van der Waals surface area contributed by atoms with Gasteiger partial charge in [-0.25, -0.2) is 0 Å². The highest BCUT2D eigenvalue weighted by Crippen LogP contribution is 1.55. The minimum Gasteiger partial charge on any atom is -0.183 e.